The first-order valence-corrected chi connectivity index (χ1v) is 6.67. The minimum Gasteiger partial charge on any atom is -0.370 e. The lowest BCUT2D eigenvalue weighted by atomic mass is 10.1. The average Bonchev–Trinajstić information content (AvgIpc) is 2.40. The topological polar surface area (TPSA) is 42.2 Å². The fourth-order valence-electron chi connectivity index (χ4n) is 2.13. The van der Waals surface area contributed by atoms with Crippen LogP contribution in [0.2, 0.25) is 5.02 Å². The summed E-state index contributed by atoms with van der Waals surface area (Å²) in [6, 6.07) is 10.0. The molecule has 0 bridgehead atoms. The summed E-state index contributed by atoms with van der Waals surface area (Å²) < 4.78 is 0. The Morgan fingerprint density at radius 3 is 2.63 bits per heavy atom. The summed E-state index contributed by atoms with van der Waals surface area (Å²) >= 11 is 6.05. The van der Waals surface area contributed by atoms with Gasteiger partial charge in [-0.05, 0) is 54.4 Å². The van der Waals surface area contributed by atoms with Crippen LogP contribution < -0.4 is 10.6 Å². The SMILES string of the molecule is CN(Cc1ccncc1)c1ccc(Cl)cc1CCN. The maximum absolute atomic E-state index is 6.05. The lowest BCUT2D eigenvalue weighted by molar-refractivity contribution is 0.890. The highest BCUT2D eigenvalue weighted by Crippen LogP contribution is 2.25. The molecule has 0 saturated carbocycles. The van der Waals surface area contributed by atoms with Gasteiger partial charge in [-0.3, -0.25) is 4.98 Å². The van der Waals surface area contributed by atoms with Gasteiger partial charge in [0.1, 0.15) is 0 Å². The first-order chi connectivity index (χ1) is 9.20. The predicted octanol–water partition coefficient (Wildman–Crippen LogP) is 2.87. The molecule has 100 valence electrons. The summed E-state index contributed by atoms with van der Waals surface area (Å²) in [5.74, 6) is 0. The Balaban J connectivity index is 2.20. The van der Waals surface area contributed by atoms with Crippen LogP contribution >= 0.6 is 11.6 Å². The van der Waals surface area contributed by atoms with Gasteiger partial charge in [-0.25, -0.2) is 0 Å². The number of pyridine rings is 1. The molecule has 3 nitrogen and oxygen atoms in total. The van der Waals surface area contributed by atoms with Crippen LogP contribution in [0.5, 0.6) is 0 Å². The standard InChI is InChI=1S/C15H18ClN3/c1-19(11-12-5-8-18-9-6-12)15-3-2-14(16)10-13(15)4-7-17/h2-3,5-6,8-10H,4,7,11,17H2,1H3. The maximum Gasteiger partial charge on any atom is 0.0427 e. The fourth-order valence-corrected chi connectivity index (χ4v) is 2.32. The number of halogens is 1. The van der Waals surface area contributed by atoms with Gasteiger partial charge < -0.3 is 10.6 Å². The number of hydrogen-bond donors (Lipinski definition) is 1. The molecule has 2 N–H and O–H groups in total. The quantitative estimate of drug-likeness (QED) is 0.912. The minimum absolute atomic E-state index is 0.621. The number of benzene rings is 1. The van der Waals surface area contributed by atoms with Gasteiger partial charge in [0.2, 0.25) is 0 Å². The Morgan fingerprint density at radius 1 is 1.21 bits per heavy atom. The van der Waals surface area contributed by atoms with Crippen LogP contribution in [-0.2, 0) is 13.0 Å². The van der Waals surface area contributed by atoms with Crippen molar-refractivity contribution < 1.29 is 0 Å². The third-order valence-electron chi connectivity index (χ3n) is 3.04. The van der Waals surface area contributed by atoms with E-state index >= 15 is 0 Å². The molecule has 2 rings (SSSR count). The average molecular weight is 276 g/mol. The highest BCUT2D eigenvalue weighted by Gasteiger charge is 2.08. The Hall–Kier alpha value is -1.58. The van der Waals surface area contributed by atoms with Crippen molar-refractivity contribution in [3.05, 3.63) is 58.9 Å². The van der Waals surface area contributed by atoms with Crippen molar-refractivity contribution >= 4 is 17.3 Å². The number of nitrogens with zero attached hydrogens (tertiary/aromatic N) is 2. The molecule has 0 saturated heterocycles. The van der Waals surface area contributed by atoms with Gasteiger partial charge in [0, 0.05) is 36.7 Å². The lowest BCUT2D eigenvalue weighted by Crippen LogP contribution is -2.19. The molecule has 0 radical (unpaired) electrons. The van der Waals surface area contributed by atoms with E-state index in [1.165, 1.54) is 16.8 Å². The summed E-state index contributed by atoms with van der Waals surface area (Å²) in [5.41, 5.74) is 9.25. The molecule has 4 heteroatoms. The van der Waals surface area contributed by atoms with E-state index in [9.17, 15) is 0 Å². The molecule has 0 spiro atoms. The number of rotatable bonds is 5. The van der Waals surface area contributed by atoms with Gasteiger partial charge in [-0.1, -0.05) is 11.6 Å². The van der Waals surface area contributed by atoms with Crippen LogP contribution in [0.15, 0.2) is 42.7 Å². The summed E-state index contributed by atoms with van der Waals surface area (Å²) in [4.78, 5) is 6.24. The third kappa shape index (κ3) is 3.69. The molecule has 0 amide bonds. The summed E-state index contributed by atoms with van der Waals surface area (Å²) in [6.45, 7) is 1.46. The van der Waals surface area contributed by atoms with E-state index in [1.807, 2.05) is 36.7 Å². The zero-order valence-corrected chi connectivity index (χ0v) is 11.8. The highest BCUT2D eigenvalue weighted by atomic mass is 35.5. The number of anilines is 1. The fraction of sp³-hybridized carbons (Fsp3) is 0.267. The predicted molar refractivity (Wildman–Crippen MR) is 80.6 cm³/mol. The van der Waals surface area contributed by atoms with Crippen molar-refractivity contribution in [2.45, 2.75) is 13.0 Å². The normalized spacial score (nSPS) is 10.5. The van der Waals surface area contributed by atoms with E-state index in [0.717, 1.165) is 18.0 Å². The van der Waals surface area contributed by atoms with Crippen molar-refractivity contribution in [2.24, 2.45) is 5.73 Å². The van der Waals surface area contributed by atoms with E-state index < -0.39 is 0 Å². The Morgan fingerprint density at radius 2 is 1.95 bits per heavy atom. The Labute approximate surface area is 119 Å². The lowest BCUT2D eigenvalue weighted by Gasteiger charge is -2.22. The van der Waals surface area contributed by atoms with Crippen molar-refractivity contribution in [1.29, 1.82) is 0 Å². The molecular weight excluding hydrogens is 258 g/mol. The molecule has 0 fully saturated rings. The van der Waals surface area contributed by atoms with E-state index in [2.05, 4.69) is 23.0 Å². The van der Waals surface area contributed by atoms with Gasteiger partial charge in [0.05, 0.1) is 0 Å². The minimum atomic E-state index is 0.621. The smallest absolute Gasteiger partial charge is 0.0427 e. The van der Waals surface area contributed by atoms with Crippen molar-refractivity contribution in [1.82, 2.24) is 4.98 Å². The molecule has 0 aliphatic heterocycles. The summed E-state index contributed by atoms with van der Waals surface area (Å²) in [6.07, 6.45) is 4.45. The van der Waals surface area contributed by atoms with Crippen LogP contribution in [0.1, 0.15) is 11.1 Å². The molecule has 0 aliphatic carbocycles. The molecule has 0 aliphatic rings. The molecule has 1 heterocycles. The van der Waals surface area contributed by atoms with Gasteiger partial charge >= 0.3 is 0 Å². The number of nitrogens with two attached hydrogens (primary N) is 1. The molecule has 1 aromatic carbocycles. The van der Waals surface area contributed by atoms with Crippen LogP contribution in [0.3, 0.4) is 0 Å². The molecular formula is C15H18ClN3. The first-order valence-electron chi connectivity index (χ1n) is 6.29. The zero-order chi connectivity index (χ0) is 13.7. The number of hydrogen-bond acceptors (Lipinski definition) is 3. The van der Waals surface area contributed by atoms with E-state index in [4.69, 9.17) is 17.3 Å². The van der Waals surface area contributed by atoms with Crippen LogP contribution in [0.4, 0.5) is 5.69 Å². The van der Waals surface area contributed by atoms with Gasteiger partial charge in [0.15, 0.2) is 0 Å². The molecule has 1 aromatic heterocycles. The second kappa shape index (κ2) is 6.55. The molecule has 0 unspecified atom stereocenters. The largest absolute Gasteiger partial charge is 0.370 e. The van der Waals surface area contributed by atoms with Crippen molar-refractivity contribution in [2.75, 3.05) is 18.5 Å². The van der Waals surface area contributed by atoms with Crippen molar-refractivity contribution in [3.8, 4) is 0 Å². The zero-order valence-electron chi connectivity index (χ0n) is 11.0. The maximum atomic E-state index is 6.05. The summed E-state index contributed by atoms with van der Waals surface area (Å²) in [5, 5.41) is 0.754. The monoisotopic (exact) mass is 275 g/mol. The second-order valence-corrected chi connectivity index (χ2v) is 4.96. The molecule has 19 heavy (non-hydrogen) atoms. The van der Waals surface area contributed by atoms with Crippen molar-refractivity contribution in [3.63, 3.8) is 0 Å². The number of aromatic nitrogens is 1. The van der Waals surface area contributed by atoms with E-state index in [1.54, 1.807) is 0 Å². The van der Waals surface area contributed by atoms with E-state index in [-0.39, 0.29) is 0 Å². The van der Waals surface area contributed by atoms with Crippen LogP contribution in [0, 0.1) is 0 Å². The Bertz CT molecular complexity index is 528. The first kappa shape index (κ1) is 13.8. The Kier molecular flexibility index (Phi) is 4.77. The third-order valence-corrected chi connectivity index (χ3v) is 3.27. The van der Waals surface area contributed by atoms with Crippen LogP contribution in [-0.4, -0.2) is 18.6 Å². The highest BCUT2D eigenvalue weighted by molar-refractivity contribution is 6.30. The molecule has 0 atom stereocenters. The molecule has 2 aromatic rings. The van der Waals surface area contributed by atoms with E-state index in [0.29, 0.717) is 6.54 Å². The second-order valence-electron chi connectivity index (χ2n) is 4.52. The van der Waals surface area contributed by atoms with Gasteiger partial charge in [-0.2, -0.15) is 0 Å². The van der Waals surface area contributed by atoms with Gasteiger partial charge in [-0.15, -0.1) is 0 Å². The van der Waals surface area contributed by atoms with Gasteiger partial charge in [0.25, 0.3) is 0 Å². The van der Waals surface area contributed by atoms with Crippen LogP contribution in [0.25, 0.3) is 0 Å². The summed E-state index contributed by atoms with van der Waals surface area (Å²) in [7, 11) is 2.07.